The van der Waals surface area contributed by atoms with Gasteiger partial charge in [0, 0.05) is 10.0 Å². The summed E-state index contributed by atoms with van der Waals surface area (Å²) in [5.41, 5.74) is 3.37. The fourth-order valence-corrected chi connectivity index (χ4v) is 5.24. The molecule has 1 atom stereocenters. The number of hydrazone groups is 2. The van der Waals surface area contributed by atoms with E-state index in [1.807, 2.05) is 96.0 Å². The van der Waals surface area contributed by atoms with Crippen LogP contribution in [0.1, 0.15) is 5.56 Å². The summed E-state index contributed by atoms with van der Waals surface area (Å²) in [6.07, 6.45) is 3.97. The first kappa shape index (κ1) is 23.2. The first-order valence-corrected chi connectivity index (χ1v) is 12.3. The molecule has 0 unspecified atom stereocenters. The fraction of sp³-hybridized carbons (Fsp3) is 0.115. The van der Waals surface area contributed by atoms with Crippen LogP contribution in [0, 0.1) is 0 Å². The smallest absolute Gasteiger partial charge is 0.365 e. The number of thioether (sulfide) groups is 1. The summed E-state index contributed by atoms with van der Waals surface area (Å²) < 4.78 is 11.3. The van der Waals surface area contributed by atoms with Crippen LogP contribution in [-0.4, -0.2) is 35.9 Å². The highest BCUT2D eigenvalue weighted by Crippen LogP contribution is 2.48. The van der Waals surface area contributed by atoms with Crippen molar-refractivity contribution in [1.82, 2.24) is 0 Å². The van der Waals surface area contributed by atoms with Crippen molar-refractivity contribution < 1.29 is 14.3 Å². The highest BCUT2D eigenvalue weighted by molar-refractivity contribution is 9.10. The maximum Gasteiger partial charge on any atom is 0.365 e. The molecule has 0 saturated heterocycles. The van der Waals surface area contributed by atoms with E-state index in [4.69, 9.17) is 14.6 Å². The minimum Gasteiger partial charge on any atom is -0.497 e. The van der Waals surface area contributed by atoms with Crippen molar-refractivity contribution in [3.63, 3.8) is 0 Å². The highest BCUT2D eigenvalue weighted by Gasteiger charge is 2.51. The molecule has 0 fully saturated rings. The SMILES string of the molecule is COC(=O)C1=NN(c2ccc(OC)cc2)[C@@]2(C=CC(c3ccc(Br)cc3)=NN2c2ccccc2)S1. The van der Waals surface area contributed by atoms with Gasteiger partial charge in [-0.2, -0.15) is 10.2 Å². The Morgan fingerprint density at radius 1 is 0.886 bits per heavy atom. The van der Waals surface area contributed by atoms with Gasteiger partial charge in [-0.25, -0.2) is 14.8 Å². The van der Waals surface area contributed by atoms with Crippen LogP contribution < -0.4 is 14.8 Å². The van der Waals surface area contributed by atoms with Crippen molar-refractivity contribution in [2.75, 3.05) is 24.2 Å². The Hall–Kier alpha value is -3.56. The van der Waals surface area contributed by atoms with Gasteiger partial charge in [-0.3, -0.25) is 0 Å². The Morgan fingerprint density at radius 3 is 2.20 bits per heavy atom. The maximum absolute atomic E-state index is 12.6. The number of nitrogens with zero attached hydrogens (tertiary/aromatic N) is 4. The number of carbonyl (C=O) groups excluding carboxylic acids is 1. The van der Waals surface area contributed by atoms with Crippen LogP contribution in [0.25, 0.3) is 0 Å². The molecule has 176 valence electrons. The number of benzene rings is 3. The summed E-state index contributed by atoms with van der Waals surface area (Å²) in [7, 11) is 2.97. The predicted octanol–water partition coefficient (Wildman–Crippen LogP) is 5.63. The number of carbonyl (C=O) groups is 1. The normalized spacial score (nSPS) is 18.9. The first-order chi connectivity index (χ1) is 17.0. The quantitative estimate of drug-likeness (QED) is 0.385. The lowest BCUT2D eigenvalue weighted by Gasteiger charge is -2.43. The van der Waals surface area contributed by atoms with E-state index in [2.05, 4.69) is 21.0 Å². The van der Waals surface area contributed by atoms with Gasteiger partial charge in [0.25, 0.3) is 0 Å². The molecule has 5 rings (SSSR count). The summed E-state index contributed by atoms with van der Waals surface area (Å²) in [4.78, 5) is 11.6. The van der Waals surface area contributed by atoms with Gasteiger partial charge in [-0.05, 0) is 72.4 Å². The summed E-state index contributed by atoms with van der Waals surface area (Å²) in [5.74, 6) is 0.218. The van der Waals surface area contributed by atoms with Crippen molar-refractivity contribution in [3.8, 4) is 5.75 Å². The van der Waals surface area contributed by atoms with Crippen molar-refractivity contribution >= 4 is 55.8 Å². The Morgan fingerprint density at radius 2 is 1.54 bits per heavy atom. The molecule has 2 aliphatic rings. The van der Waals surface area contributed by atoms with Gasteiger partial charge >= 0.3 is 5.97 Å². The van der Waals surface area contributed by atoms with Crippen LogP contribution in [0.3, 0.4) is 0 Å². The predicted molar refractivity (Wildman–Crippen MR) is 144 cm³/mol. The monoisotopic (exact) mass is 548 g/mol. The van der Waals surface area contributed by atoms with Gasteiger partial charge in [0.05, 0.1) is 31.3 Å². The van der Waals surface area contributed by atoms with Crippen LogP contribution in [0.15, 0.2) is 106 Å². The van der Waals surface area contributed by atoms with Crippen LogP contribution in [0.5, 0.6) is 5.75 Å². The van der Waals surface area contributed by atoms with E-state index in [0.717, 1.165) is 32.9 Å². The number of methoxy groups -OCH3 is 2. The van der Waals surface area contributed by atoms with Gasteiger partial charge < -0.3 is 9.47 Å². The van der Waals surface area contributed by atoms with E-state index in [9.17, 15) is 4.79 Å². The number of para-hydroxylation sites is 1. The zero-order chi connectivity index (χ0) is 24.4. The fourth-order valence-electron chi connectivity index (χ4n) is 3.80. The van der Waals surface area contributed by atoms with Gasteiger partial charge in [-0.15, -0.1) is 0 Å². The number of anilines is 2. The molecule has 0 bridgehead atoms. The molecule has 35 heavy (non-hydrogen) atoms. The van der Waals surface area contributed by atoms with Crippen molar-refractivity contribution in [2.45, 2.75) is 4.99 Å². The minimum atomic E-state index is -0.974. The topological polar surface area (TPSA) is 66.7 Å². The van der Waals surface area contributed by atoms with Crippen molar-refractivity contribution in [2.24, 2.45) is 10.2 Å². The number of halogens is 1. The average Bonchev–Trinajstić information content (AvgIpc) is 3.29. The molecular formula is C26H21BrN4O3S. The number of esters is 1. The summed E-state index contributed by atoms with van der Waals surface area (Å²) >= 11 is 4.77. The highest BCUT2D eigenvalue weighted by atomic mass is 79.9. The summed E-state index contributed by atoms with van der Waals surface area (Å²) in [6.45, 7) is 0. The van der Waals surface area contributed by atoms with Gasteiger partial charge in [0.15, 0.2) is 0 Å². The molecule has 3 aromatic rings. The van der Waals surface area contributed by atoms with Crippen LogP contribution >= 0.6 is 27.7 Å². The van der Waals surface area contributed by atoms with E-state index in [-0.39, 0.29) is 5.04 Å². The first-order valence-electron chi connectivity index (χ1n) is 10.7. The third-order valence-corrected chi connectivity index (χ3v) is 7.28. The lowest BCUT2D eigenvalue weighted by Crippen LogP contribution is -2.53. The third kappa shape index (κ3) is 4.33. The van der Waals surface area contributed by atoms with Gasteiger partial charge in [0.1, 0.15) is 5.75 Å². The molecule has 0 aliphatic carbocycles. The van der Waals surface area contributed by atoms with E-state index >= 15 is 0 Å². The standard InChI is InChI=1S/C26H21BrN4O3S/c1-33-22-14-12-21(13-15-22)31-26(35-24(29-31)25(32)34-2)17-16-23(18-8-10-19(27)11-9-18)28-30(26)20-6-4-3-5-7-20/h3-17H,1-2H3/t26-/m0/s1. The number of rotatable bonds is 5. The molecule has 2 heterocycles. The maximum atomic E-state index is 12.6. The molecule has 0 amide bonds. The number of hydrogen-bond donors (Lipinski definition) is 0. The van der Waals surface area contributed by atoms with Crippen LogP contribution in [-0.2, 0) is 9.53 Å². The van der Waals surface area contributed by atoms with E-state index in [1.54, 1.807) is 12.1 Å². The van der Waals surface area contributed by atoms with Crippen LogP contribution in [0.4, 0.5) is 11.4 Å². The molecule has 9 heteroatoms. The Kier molecular flexibility index (Phi) is 6.36. The lowest BCUT2D eigenvalue weighted by atomic mass is 10.1. The molecule has 7 nitrogen and oxygen atoms in total. The molecule has 2 aliphatic heterocycles. The van der Waals surface area contributed by atoms with Crippen LogP contribution in [0.2, 0.25) is 0 Å². The van der Waals surface area contributed by atoms with E-state index < -0.39 is 11.0 Å². The van der Waals surface area contributed by atoms with Crippen molar-refractivity contribution in [1.29, 1.82) is 0 Å². The Labute approximate surface area is 215 Å². The molecule has 0 saturated carbocycles. The molecule has 0 radical (unpaired) electrons. The Bertz CT molecular complexity index is 1330. The van der Waals surface area contributed by atoms with Crippen molar-refractivity contribution in [3.05, 3.63) is 101 Å². The number of hydrogen-bond acceptors (Lipinski definition) is 8. The second-order valence-electron chi connectivity index (χ2n) is 7.64. The molecule has 1 spiro atoms. The third-order valence-electron chi connectivity index (χ3n) is 5.53. The molecule has 3 aromatic carbocycles. The lowest BCUT2D eigenvalue weighted by molar-refractivity contribution is -0.132. The summed E-state index contributed by atoms with van der Waals surface area (Å²) in [5, 5.41) is 13.6. The minimum absolute atomic E-state index is 0.233. The van der Waals surface area contributed by atoms with Gasteiger partial charge in [-0.1, -0.05) is 46.3 Å². The molecular weight excluding hydrogens is 528 g/mol. The summed E-state index contributed by atoms with van der Waals surface area (Å²) in [6, 6.07) is 25.3. The van der Waals surface area contributed by atoms with E-state index in [1.165, 1.54) is 18.9 Å². The Balaban J connectivity index is 1.65. The zero-order valence-corrected chi connectivity index (χ0v) is 21.4. The number of allylic oxidation sites excluding steroid dienone is 1. The zero-order valence-electron chi connectivity index (χ0n) is 19.0. The van der Waals surface area contributed by atoms with E-state index in [0.29, 0.717) is 0 Å². The second kappa shape index (κ2) is 9.59. The average molecular weight is 549 g/mol. The largest absolute Gasteiger partial charge is 0.497 e. The molecule has 0 N–H and O–H groups in total. The molecule has 0 aromatic heterocycles. The number of ether oxygens (including phenoxy) is 2. The van der Waals surface area contributed by atoms with Gasteiger partial charge in [0.2, 0.25) is 10.0 Å². The second-order valence-corrected chi connectivity index (χ2v) is 9.75.